The zero-order valence-corrected chi connectivity index (χ0v) is 12.8. The number of amides is 1. The number of hydrogen-bond acceptors (Lipinski definition) is 2. The van der Waals surface area contributed by atoms with Crippen LogP contribution < -0.4 is 0 Å². The number of hydrogen-bond donors (Lipinski definition) is 0. The van der Waals surface area contributed by atoms with Gasteiger partial charge in [-0.15, -0.1) is 0 Å². The molecule has 22 heavy (non-hydrogen) atoms. The van der Waals surface area contributed by atoms with Crippen molar-refractivity contribution in [2.75, 3.05) is 7.05 Å². The van der Waals surface area contributed by atoms with Crippen LogP contribution in [0.15, 0.2) is 65.7 Å². The molecule has 0 atom stereocenters. The Labute approximate surface area is 130 Å². The van der Waals surface area contributed by atoms with Gasteiger partial charge in [-0.3, -0.25) is 4.79 Å². The Balaban J connectivity index is 2.07. The van der Waals surface area contributed by atoms with Crippen LogP contribution in [0.4, 0.5) is 0 Å². The van der Waals surface area contributed by atoms with Crippen molar-refractivity contribution in [3.63, 3.8) is 0 Å². The minimum Gasteiger partial charge on any atom is -0.303 e. The fourth-order valence-corrected chi connectivity index (χ4v) is 2.57. The van der Waals surface area contributed by atoms with Gasteiger partial charge in [0.05, 0.1) is 5.70 Å². The van der Waals surface area contributed by atoms with Crippen LogP contribution in [0.25, 0.3) is 11.3 Å². The lowest BCUT2D eigenvalue weighted by Crippen LogP contribution is -2.30. The normalized spacial score (nSPS) is 14.0. The monoisotopic (exact) mass is 290 g/mol. The van der Waals surface area contributed by atoms with Crippen molar-refractivity contribution in [2.24, 2.45) is 4.99 Å². The van der Waals surface area contributed by atoms with Gasteiger partial charge in [0.1, 0.15) is 5.84 Å². The van der Waals surface area contributed by atoms with Crippen molar-refractivity contribution < 1.29 is 4.79 Å². The van der Waals surface area contributed by atoms with E-state index < -0.39 is 0 Å². The van der Waals surface area contributed by atoms with E-state index in [0.29, 0.717) is 6.42 Å². The number of benzene rings is 2. The van der Waals surface area contributed by atoms with Crippen molar-refractivity contribution in [2.45, 2.75) is 13.3 Å². The highest BCUT2D eigenvalue weighted by Gasteiger charge is 2.24. The Hall–Kier alpha value is -2.68. The van der Waals surface area contributed by atoms with Gasteiger partial charge in [-0.2, -0.15) is 0 Å². The van der Waals surface area contributed by atoms with Gasteiger partial charge in [0.2, 0.25) is 5.91 Å². The molecule has 0 aliphatic carbocycles. The van der Waals surface area contributed by atoms with E-state index in [1.54, 1.807) is 18.9 Å². The molecular weight excluding hydrogens is 272 g/mol. The first-order valence-corrected chi connectivity index (χ1v) is 7.32. The SMILES string of the molecule is CC(=O)N(C)C1=NC(c2ccccc2)=C(c2ccccc2)C1. The van der Waals surface area contributed by atoms with E-state index in [2.05, 4.69) is 24.3 Å². The molecular formula is C19H18N2O. The summed E-state index contributed by atoms with van der Waals surface area (Å²) in [5.74, 6) is 0.797. The molecule has 3 rings (SSSR count). The van der Waals surface area contributed by atoms with Gasteiger partial charge in [0.25, 0.3) is 0 Å². The molecule has 3 nitrogen and oxygen atoms in total. The van der Waals surface area contributed by atoms with Gasteiger partial charge in [0, 0.05) is 26.0 Å². The van der Waals surface area contributed by atoms with E-state index in [1.807, 2.05) is 36.4 Å². The molecule has 0 saturated carbocycles. The van der Waals surface area contributed by atoms with Gasteiger partial charge < -0.3 is 4.90 Å². The second-order valence-corrected chi connectivity index (χ2v) is 5.34. The highest BCUT2D eigenvalue weighted by atomic mass is 16.2. The summed E-state index contributed by atoms with van der Waals surface area (Å²) in [7, 11) is 1.78. The van der Waals surface area contributed by atoms with Crippen LogP contribution >= 0.6 is 0 Å². The molecule has 2 aromatic carbocycles. The fraction of sp³-hybridized carbons (Fsp3) is 0.158. The maximum absolute atomic E-state index is 11.6. The molecule has 1 aliphatic heterocycles. The molecule has 2 aromatic rings. The van der Waals surface area contributed by atoms with Gasteiger partial charge in [-0.1, -0.05) is 60.7 Å². The zero-order valence-electron chi connectivity index (χ0n) is 12.8. The summed E-state index contributed by atoms with van der Waals surface area (Å²) in [6.45, 7) is 1.56. The number of carbonyl (C=O) groups is 1. The van der Waals surface area contributed by atoms with Crippen LogP contribution in [-0.4, -0.2) is 23.7 Å². The summed E-state index contributed by atoms with van der Waals surface area (Å²) in [6.07, 6.45) is 0.671. The summed E-state index contributed by atoms with van der Waals surface area (Å²) in [6, 6.07) is 20.3. The Morgan fingerprint density at radius 1 is 0.955 bits per heavy atom. The highest BCUT2D eigenvalue weighted by molar-refractivity contribution is 6.12. The maximum Gasteiger partial charge on any atom is 0.224 e. The number of amidine groups is 1. The van der Waals surface area contributed by atoms with Crippen molar-refractivity contribution in [3.05, 3.63) is 71.8 Å². The molecule has 0 fully saturated rings. The first-order valence-electron chi connectivity index (χ1n) is 7.32. The third kappa shape index (κ3) is 2.70. The number of nitrogens with zero attached hydrogens (tertiary/aromatic N) is 2. The molecule has 0 spiro atoms. The van der Waals surface area contributed by atoms with Crippen molar-refractivity contribution in [3.8, 4) is 0 Å². The zero-order chi connectivity index (χ0) is 15.5. The van der Waals surface area contributed by atoms with Crippen LogP contribution in [0.1, 0.15) is 24.5 Å². The van der Waals surface area contributed by atoms with E-state index in [4.69, 9.17) is 4.99 Å². The van der Waals surface area contributed by atoms with Gasteiger partial charge in [-0.25, -0.2) is 4.99 Å². The topological polar surface area (TPSA) is 32.7 Å². The van der Waals surface area contributed by atoms with E-state index in [0.717, 1.165) is 28.2 Å². The minimum atomic E-state index is 0.000438. The van der Waals surface area contributed by atoms with Crippen LogP contribution in [-0.2, 0) is 4.79 Å². The third-order valence-corrected chi connectivity index (χ3v) is 3.89. The molecule has 110 valence electrons. The van der Waals surface area contributed by atoms with Crippen LogP contribution in [0, 0.1) is 0 Å². The lowest BCUT2D eigenvalue weighted by atomic mass is 9.99. The Morgan fingerprint density at radius 2 is 1.50 bits per heavy atom. The molecule has 0 bridgehead atoms. The lowest BCUT2D eigenvalue weighted by molar-refractivity contribution is -0.124. The third-order valence-electron chi connectivity index (χ3n) is 3.89. The Bertz CT molecular complexity index is 746. The van der Waals surface area contributed by atoms with Gasteiger partial charge >= 0.3 is 0 Å². The van der Waals surface area contributed by atoms with E-state index in [9.17, 15) is 4.79 Å². The molecule has 1 aliphatic rings. The van der Waals surface area contributed by atoms with E-state index in [1.165, 1.54) is 0 Å². The summed E-state index contributed by atoms with van der Waals surface area (Å²) in [5.41, 5.74) is 4.34. The largest absolute Gasteiger partial charge is 0.303 e. The quantitative estimate of drug-likeness (QED) is 0.827. The first kappa shape index (κ1) is 14.3. The second kappa shape index (κ2) is 5.98. The number of carbonyl (C=O) groups excluding carboxylic acids is 1. The van der Waals surface area contributed by atoms with Crippen molar-refractivity contribution >= 4 is 23.0 Å². The van der Waals surface area contributed by atoms with Crippen LogP contribution in [0.3, 0.4) is 0 Å². The minimum absolute atomic E-state index is 0.000438. The molecule has 0 aromatic heterocycles. The summed E-state index contributed by atoms with van der Waals surface area (Å²) >= 11 is 0. The molecule has 0 saturated heterocycles. The van der Waals surface area contributed by atoms with Gasteiger partial charge in [-0.05, 0) is 11.1 Å². The summed E-state index contributed by atoms with van der Waals surface area (Å²) < 4.78 is 0. The maximum atomic E-state index is 11.6. The number of aliphatic imine (C=N–C) groups is 1. The van der Waals surface area contributed by atoms with E-state index in [-0.39, 0.29) is 5.91 Å². The van der Waals surface area contributed by atoms with Crippen LogP contribution in [0.5, 0.6) is 0 Å². The average Bonchev–Trinajstić information content (AvgIpc) is 3.01. The second-order valence-electron chi connectivity index (χ2n) is 5.34. The van der Waals surface area contributed by atoms with Gasteiger partial charge in [0.15, 0.2) is 0 Å². The Morgan fingerprint density at radius 3 is 2.05 bits per heavy atom. The lowest BCUT2D eigenvalue weighted by Gasteiger charge is -2.14. The first-order chi connectivity index (χ1) is 10.7. The molecule has 0 unspecified atom stereocenters. The van der Waals surface area contributed by atoms with Crippen LogP contribution in [0.2, 0.25) is 0 Å². The van der Waals surface area contributed by atoms with E-state index >= 15 is 0 Å². The highest BCUT2D eigenvalue weighted by Crippen LogP contribution is 2.35. The average molecular weight is 290 g/mol. The Kier molecular flexibility index (Phi) is 3.88. The standard InChI is InChI=1S/C19H18N2O/c1-14(22)21(2)18-13-17(15-9-5-3-6-10-15)19(20-18)16-11-7-4-8-12-16/h3-12H,13H2,1-2H3. The number of rotatable bonds is 2. The molecule has 1 amide bonds. The predicted molar refractivity (Wildman–Crippen MR) is 90.2 cm³/mol. The molecule has 1 heterocycles. The smallest absolute Gasteiger partial charge is 0.224 e. The molecule has 0 radical (unpaired) electrons. The summed E-state index contributed by atoms with van der Waals surface area (Å²) in [4.78, 5) is 18.0. The summed E-state index contributed by atoms with van der Waals surface area (Å²) in [5, 5.41) is 0. The molecule has 0 N–H and O–H groups in total. The van der Waals surface area contributed by atoms with Crippen molar-refractivity contribution in [1.29, 1.82) is 0 Å². The fourth-order valence-electron chi connectivity index (χ4n) is 2.57. The molecule has 3 heteroatoms. The predicted octanol–water partition coefficient (Wildman–Crippen LogP) is 3.84. The van der Waals surface area contributed by atoms with Crippen molar-refractivity contribution in [1.82, 2.24) is 4.90 Å².